The third-order valence-electron chi connectivity index (χ3n) is 6.60. The molecule has 3 aliphatic heterocycles. The van der Waals surface area contributed by atoms with E-state index in [0.29, 0.717) is 81.4 Å². The Morgan fingerprint density at radius 3 is 1.58 bits per heavy atom. The normalized spacial score (nSPS) is 18.3. The van der Waals surface area contributed by atoms with Crippen LogP contribution in [0.25, 0.3) is 12.2 Å². The first-order valence-electron chi connectivity index (χ1n) is 12.3. The van der Waals surface area contributed by atoms with Crippen LogP contribution in [0.15, 0.2) is 23.3 Å². The van der Waals surface area contributed by atoms with Crippen molar-refractivity contribution in [3.63, 3.8) is 0 Å². The second kappa shape index (κ2) is 10.7. The summed E-state index contributed by atoms with van der Waals surface area (Å²) < 4.78 is 44.8. The first kappa shape index (κ1) is 25.6. The predicted molar refractivity (Wildman–Crippen MR) is 139 cm³/mol. The van der Waals surface area contributed by atoms with Crippen LogP contribution in [-0.4, -0.2) is 72.3 Å². The van der Waals surface area contributed by atoms with Crippen LogP contribution in [-0.2, 0) is 4.79 Å². The molecule has 5 rings (SSSR count). The number of ether oxygens (including phenoxy) is 8. The van der Waals surface area contributed by atoms with Gasteiger partial charge < -0.3 is 37.9 Å². The number of methoxy groups -OCH3 is 4. The van der Waals surface area contributed by atoms with Crippen molar-refractivity contribution >= 4 is 17.9 Å². The number of hydrogen-bond donors (Lipinski definition) is 0. The first-order valence-corrected chi connectivity index (χ1v) is 12.3. The molecule has 2 aromatic carbocycles. The quantitative estimate of drug-likeness (QED) is 0.472. The number of carbonyl (C=O) groups is 1. The van der Waals surface area contributed by atoms with Gasteiger partial charge in [0, 0.05) is 35.4 Å². The Kier molecular flexibility index (Phi) is 7.24. The SMILES string of the molecule is CCCN1C/C(=C\c2cc(OC)c3c(c2OC)OCO3)C(=O)/C(=C/c2cc(OC)c3c(c2OC)OCO3)C1. The van der Waals surface area contributed by atoms with E-state index in [9.17, 15) is 4.79 Å². The molecule has 10 nitrogen and oxygen atoms in total. The molecular formula is C28H31NO9. The average molecular weight is 526 g/mol. The maximum absolute atomic E-state index is 13.8. The molecule has 0 saturated carbocycles. The lowest BCUT2D eigenvalue weighted by molar-refractivity contribution is -0.113. The molecule has 0 aliphatic carbocycles. The Hall–Kier alpha value is -4.05. The molecule has 0 N–H and O–H groups in total. The summed E-state index contributed by atoms with van der Waals surface area (Å²) in [5.41, 5.74) is 2.55. The minimum atomic E-state index is -0.0743. The highest BCUT2D eigenvalue weighted by atomic mass is 16.7. The van der Waals surface area contributed by atoms with Crippen LogP contribution in [0.5, 0.6) is 46.0 Å². The van der Waals surface area contributed by atoms with Gasteiger partial charge >= 0.3 is 0 Å². The zero-order chi connectivity index (χ0) is 26.8. The zero-order valence-electron chi connectivity index (χ0n) is 22.2. The van der Waals surface area contributed by atoms with Gasteiger partial charge in [0.2, 0.25) is 36.6 Å². The Labute approximate surface area is 221 Å². The minimum Gasteiger partial charge on any atom is -0.493 e. The monoisotopic (exact) mass is 525 g/mol. The topological polar surface area (TPSA) is 94.2 Å². The number of fused-ring (bicyclic) bond motifs is 2. The van der Waals surface area contributed by atoms with E-state index in [-0.39, 0.29) is 19.4 Å². The third kappa shape index (κ3) is 4.45. The third-order valence-corrected chi connectivity index (χ3v) is 6.60. The van der Waals surface area contributed by atoms with Gasteiger partial charge in [-0.2, -0.15) is 0 Å². The van der Waals surface area contributed by atoms with E-state index in [1.165, 1.54) is 0 Å². The number of piperidine rings is 1. The van der Waals surface area contributed by atoms with Gasteiger partial charge in [0.05, 0.1) is 28.4 Å². The highest BCUT2D eigenvalue weighted by Gasteiger charge is 2.31. The van der Waals surface area contributed by atoms with E-state index in [0.717, 1.165) is 13.0 Å². The number of hydrogen-bond acceptors (Lipinski definition) is 10. The summed E-state index contributed by atoms with van der Waals surface area (Å²) in [7, 11) is 6.23. The number of benzene rings is 2. The lowest BCUT2D eigenvalue weighted by Crippen LogP contribution is -2.38. The summed E-state index contributed by atoms with van der Waals surface area (Å²) in [5, 5.41) is 0. The van der Waals surface area contributed by atoms with Crippen LogP contribution in [0.1, 0.15) is 24.5 Å². The highest BCUT2D eigenvalue weighted by Crippen LogP contribution is 2.51. The fourth-order valence-corrected chi connectivity index (χ4v) is 4.97. The fourth-order valence-electron chi connectivity index (χ4n) is 4.97. The summed E-state index contributed by atoms with van der Waals surface area (Å²) in [6, 6.07) is 3.58. The van der Waals surface area contributed by atoms with Crippen LogP contribution >= 0.6 is 0 Å². The Bertz CT molecular complexity index is 1220. The maximum Gasteiger partial charge on any atom is 0.231 e. The molecule has 10 heteroatoms. The molecule has 0 aromatic heterocycles. The van der Waals surface area contributed by atoms with E-state index in [4.69, 9.17) is 37.9 Å². The van der Waals surface area contributed by atoms with Crippen LogP contribution in [0.4, 0.5) is 0 Å². The van der Waals surface area contributed by atoms with Crippen molar-refractivity contribution in [2.75, 3.05) is 61.7 Å². The number of likely N-dealkylation sites (tertiary alicyclic amines) is 1. The lowest BCUT2D eigenvalue weighted by Gasteiger charge is -2.29. The molecule has 0 unspecified atom stereocenters. The molecular weight excluding hydrogens is 494 g/mol. The first-order chi connectivity index (χ1) is 18.5. The average Bonchev–Trinajstić information content (AvgIpc) is 3.61. The van der Waals surface area contributed by atoms with Crippen molar-refractivity contribution in [3.05, 3.63) is 34.4 Å². The van der Waals surface area contributed by atoms with Crippen molar-refractivity contribution in [3.8, 4) is 46.0 Å². The fraction of sp³-hybridized carbons (Fsp3) is 0.393. The molecule has 0 spiro atoms. The standard InChI is InChI=1S/C28H31NO9/c1-6-7-29-12-18(8-16-10-20(31-2)25-27(23(16)33-4)37-14-35-25)22(30)19(13-29)9-17-11-21(32-3)26-28(24(17)34-5)38-15-36-26/h8-11H,6-7,12-15H2,1-5H3/b18-8+,19-9+. The van der Waals surface area contributed by atoms with Crippen LogP contribution in [0.3, 0.4) is 0 Å². The minimum absolute atomic E-state index is 0.0685. The number of nitrogens with zero attached hydrogens (tertiary/aromatic N) is 1. The number of carbonyl (C=O) groups excluding carboxylic acids is 1. The van der Waals surface area contributed by atoms with Crippen LogP contribution in [0, 0.1) is 0 Å². The van der Waals surface area contributed by atoms with E-state index in [1.807, 2.05) is 12.2 Å². The van der Waals surface area contributed by atoms with Gasteiger partial charge in [0.15, 0.2) is 28.8 Å². The molecule has 3 aliphatic rings. The molecule has 202 valence electrons. The van der Waals surface area contributed by atoms with Gasteiger partial charge in [-0.15, -0.1) is 0 Å². The second-order valence-corrected chi connectivity index (χ2v) is 8.91. The smallest absolute Gasteiger partial charge is 0.231 e. The van der Waals surface area contributed by atoms with Crippen molar-refractivity contribution in [2.45, 2.75) is 13.3 Å². The summed E-state index contributed by atoms with van der Waals surface area (Å²) in [5.74, 6) is 3.80. The van der Waals surface area contributed by atoms with Crippen LogP contribution < -0.4 is 37.9 Å². The number of ketones is 1. The van der Waals surface area contributed by atoms with Crippen molar-refractivity contribution in [1.29, 1.82) is 0 Å². The second-order valence-electron chi connectivity index (χ2n) is 8.91. The van der Waals surface area contributed by atoms with E-state index in [1.54, 1.807) is 40.6 Å². The zero-order valence-corrected chi connectivity index (χ0v) is 22.2. The number of rotatable bonds is 8. The summed E-state index contributed by atoms with van der Waals surface area (Å²) >= 11 is 0. The number of Topliss-reactive ketones (excluding diaryl/α,β-unsaturated/α-hetero) is 1. The predicted octanol–water partition coefficient (Wildman–Crippen LogP) is 3.94. The van der Waals surface area contributed by atoms with Gasteiger partial charge in [-0.1, -0.05) is 6.92 Å². The van der Waals surface area contributed by atoms with Gasteiger partial charge in [-0.05, 0) is 37.3 Å². The van der Waals surface area contributed by atoms with Gasteiger partial charge in [0.25, 0.3) is 0 Å². The highest BCUT2D eigenvalue weighted by molar-refractivity contribution is 6.15. The van der Waals surface area contributed by atoms with Crippen molar-refractivity contribution in [2.24, 2.45) is 0 Å². The molecule has 0 atom stereocenters. The Morgan fingerprint density at radius 2 is 1.18 bits per heavy atom. The molecule has 0 radical (unpaired) electrons. The molecule has 3 heterocycles. The van der Waals surface area contributed by atoms with E-state index in [2.05, 4.69) is 11.8 Å². The van der Waals surface area contributed by atoms with Gasteiger partial charge in [-0.25, -0.2) is 0 Å². The largest absolute Gasteiger partial charge is 0.493 e. The van der Waals surface area contributed by atoms with Crippen LogP contribution in [0.2, 0.25) is 0 Å². The summed E-state index contributed by atoms with van der Waals surface area (Å²) in [4.78, 5) is 16.1. The molecule has 38 heavy (non-hydrogen) atoms. The summed E-state index contributed by atoms with van der Waals surface area (Å²) in [6.45, 7) is 4.06. The molecule has 0 bridgehead atoms. The van der Waals surface area contributed by atoms with Gasteiger partial charge in [-0.3, -0.25) is 9.69 Å². The van der Waals surface area contributed by atoms with E-state index < -0.39 is 0 Å². The Morgan fingerprint density at radius 1 is 0.737 bits per heavy atom. The molecule has 1 fully saturated rings. The Balaban J connectivity index is 1.60. The summed E-state index contributed by atoms with van der Waals surface area (Å²) in [6.07, 6.45) is 4.61. The van der Waals surface area contributed by atoms with Gasteiger partial charge in [0.1, 0.15) is 0 Å². The lowest BCUT2D eigenvalue weighted by atomic mass is 9.93. The van der Waals surface area contributed by atoms with Crippen molar-refractivity contribution < 1.29 is 42.7 Å². The van der Waals surface area contributed by atoms with E-state index >= 15 is 0 Å². The maximum atomic E-state index is 13.8. The van der Waals surface area contributed by atoms with Crippen molar-refractivity contribution in [1.82, 2.24) is 4.90 Å². The molecule has 2 aromatic rings. The molecule has 0 amide bonds. The molecule has 1 saturated heterocycles.